The van der Waals surface area contributed by atoms with Gasteiger partial charge in [0.2, 0.25) is 0 Å². The molecule has 1 aliphatic rings. The summed E-state index contributed by atoms with van der Waals surface area (Å²) >= 11 is 0. The van der Waals surface area contributed by atoms with Gasteiger partial charge in [0, 0.05) is 25.4 Å². The molecule has 0 aromatic rings. The maximum absolute atomic E-state index is 13.3. The summed E-state index contributed by atoms with van der Waals surface area (Å²) in [4.78, 5) is 0. The Labute approximate surface area is 103 Å². The maximum Gasteiger partial charge on any atom is 0.250 e. The number of rotatable bonds is 8. The molecule has 4 heteroatoms. The zero-order valence-corrected chi connectivity index (χ0v) is 11.2. The number of hydrogen-bond acceptors (Lipinski definition) is 2. The summed E-state index contributed by atoms with van der Waals surface area (Å²) in [6, 6.07) is 0. The summed E-state index contributed by atoms with van der Waals surface area (Å²) in [7, 11) is 0. The van der Waals surface area contributed by atoms with Gasteiger partial charge in [0.15, 0.2) is 0 Å². The highest BCUT2D eigenvalue weighted by atomic mass is 19.3. The van der Waals surface area contributed by atoms with E-state index in [0.29, 0.717) is 13.0 Å². The van der Waals surface area contributed by atoms with Gasteiger partial charge in [0.1, 0.15) is 0 Å². The van der Waals surface area contributed by atoms with Gasteiger partial charge in [-0.2, -0.15) is 0 Å². The Morgan fingerprint density at radius 1 is 1.18 bits per heavy atom. The first-order valence-electron chi connectivity index (χ1n) is 6.48. The van der Waals surface area contributed by atoms with Crippen LogP contribution in [0.25, 0.3) is 0 Å². The van der Waals surface area contributed by atoms with Crippen molar-refractivity contribution in [3.8, 4) is 0 Å². The predicted octanol–water partition coefficient (Wildman–Crippen LogP) is 3.64. The van der Waals surface area contributed by atoms with Crippen LogP contribution in [0.4, 0.5) is 8.78 Å². The zero-order valence-electron chi connectivity index (χ0n) is 11.2. The van der Waals surface area contributed by atoms with Crippen molar-refractivity contribution in [3.05, 3.63) is 0 Å². The van der Waals surface area contributed by atoms with Crippen LogP contribution in [0.15, 0.2) is 0 Å². The van der Waals surface area contributed by atoms with E-state index in [1.165, 1.54) is 0 Å². The Balaban J connectivity index is 2.03. The minimum atomic E-state index is -2.57. The van der Waals surface area contributed by atoms with Crippen LogP contribution in [-0.2, 0) is 9.47 Å². The summed E-state index contributed by atoms with van der Waals surface area (Å²) in [6.45, 7) is 7.48. The lowest BCUT2D eigenvalue weighted by Crippen LogP contribution is -2.24. The number of halogens is 2. The Kier molecular flexibility index (Phi) is 5.32. The van der Waals surface area contributed by atoms with Gasteiger partial charge < -0.3 is 9.47 Å². The average molecular weight is 250 g/mol. The van der Waals surface area contributed by atoms with E-state index in [9.17, 15) is 8.78 Å². The average Bonchev–Trinajstić information content (AvgIpc) is 2.90. The highest BCUT2D eigenvalue weighted by Gasteiger charge is 2.40. The normalized spacial score (nSPS) is 24.7. The Bertz CT molecular complexity index is 229. The number of alkyl halides is 2. The molecular formula is C13H24F2O2. The summed E-state index contributed by atoms with van der Waals surface area (Å²) in [5.41, 5.74) is 0. The molecule has 0 aromatic carbocycles. The van der Waals surface area contributed by atoms with Gasteiger partial charge in [0.05, 0.1) is 18.3 Å². The van der Waals surface area contributed by atoms with Gasteiger partial charge >= 0.3 is 0 Å². The molecular weight excluding hydrogens is 226 g/mol. The second-order valence-corrected chi connectivity index (χ2v) is 5.39. The van der Waals surface area contributed by atoms with Crippen molar-refractivity contribution in [2.45, 2.75) is 71.2 Å². The van der Waals surface area contributed by atoms with E-state index in [4.69, 9.17) is 9.47 Å². The first kappa shape index (κ1) is 14.8. The molecule has 2 nitrogen and oxygen atoms in total. The first-order chi connectivity index (χ1) is 7.83. The van der Waals surface area contributed by atoms with Crippen molar-refractivity contribution in [1.29, 1.82) is 0 Å². The van der Waals surface area contributed by atoms with E-state index < -0.39 is 11.8 Å². The third-order valence-electron chi connectivity index (χ3n) is 2.95. The Hall–Kier alpha value is -0.220. The van der Waals surface area contributed by atoms with Crippen LogP contribution in [0.5, 0.6) is 0 Å². The van der Waals surface area contributed by atoms with Gasteiger partial charge in [-0.25, -0.2) is 8.78 Å². The SMILES string of the molecule is CC(C)OC1CC1OCCCC(F)(F)C(C)C. The molecule has 2 unspecified atom stereocenters. The summed E-state index contributed by atoms with van der Waals surface area (Å²) in [6.07, 6.45) is 1.74. The van der Waals surface area contributed by atoms with Gasteiger partial charge in [-0.15, -0.1) is 0 Å². The summed E-state index contributed by atoms with van der Waals surface area (Å²) in [5.74, 6) is -3.17. The molecule has 0 heterocycles. The highest BCUT2D eigenvalue weighted by molar-refractivity contribution is 4.89. The topological polar surface area (TPSA) is 18.5 Å². The standard InChI is InChI=1S/C13H24F2O2/c1-9(2)13(14,15)6-5-7-16-11-8-12(11)17-10(3)4/h9-12H,5-8H2,1-4H3. The van der Waals surface area contributed by atoms with Gasteiger partial charge in [0.25, 0.3) is 5.92 Å². The molecule has 0 amide bonds. The fraction of sp³-hybridized carbons (Fsp3) is 1.00. The lowest BCUT2D eigenvalue weighted by molar-refractivity contribution is -0.0606. The van der Waals surface area contributed by atoms with Crippen LogP contribution >= 0.6 is 0 Å². The minimum absolute atomic E-state index is 0.0902. The second-order valence-electron chi connectivity index (χ2n) is 5.39. The van der Waals surface area contributed by atoms with Gasteiger partial charge in [-0.3, -0.25) is 0 Å². The highest BCUT2D eigenvalue weighted by Crippen LogP contribution is 2.32. The summed E-state index contributed by atoms with van der Waals surface area (Å²) in [5, 5.41) is 0. The maximum atomic E-state index is 13.3. The molecule has 0 aliphatic heterocycles. The van der Waals surface area contributed by atoms with Crippen molar-refractivity contribution < 1.29 is 18.3 Å². The van der Waals surface area contributed by atoms with Crippen LogP contribution < -0.4 is 0 Å². The Morgan fingerprint density at radius 2 is 1.82 bits per heavy atom. The van der Waals surface area contributed by atoms with Crippen LogP contribution in [-0.4, -0.2) is 30.8 Å². The van der Waals surface area contributed by atoms with Crippen molar-refractivity contribution in [2.24, 2.45) is 5.92 Å². The zero-order chi connectivity index (χ0) is 13.1. The van der Waals surface area contributed by atoms with Crippen molar-refractivity contribution >= 4 is 0 Å². The van der Waals surface area contributed by atoms with E-state index in [2.05, 4.69) is 0 Å². The van der Waals surface area contributed by atoms with Crippen molar-refractivity contribution in [1.82, 2.24) is 0 Å². The van der Waals surface area contributed by atoms with E-state index in [1.807, 2.05) is 13.8 Å². The molecule has 0 aromatic heterocycles. The van der Waals surface area contributed by atoms with Crippen molar-refractivity contribution in [3.63, 3.8) is 0 Å². The predicted molar refractivity (Wildman–Crippen MR) is 63.4 cm³/mol. The largest absolute Gasteiger partial charge is 0.375 e. The number of hydrogen-bond donors (Lipinski definition) is 0. The number of ether oxygens (including phenoxy) is 2. The third kappa shape index (κ3) is 5.30. The van der Waals surface area contributed by atoms with Crippen LogP contribution in [0, 0.1) is 5.92 Å². The van der Waals surface area contributed by atoms with E-state index in [1.54, 1.807) is 13.8 Å². The van der Waals surface area contributed by atoms with E-state index in [0.717, 1.165) is 6.42 Å². The monoisotopic (exact) mass is 250 g/mol. The molecule has 0 spiro atoms. The molecule has 2 atom stereocenters. The molecule has 102 valence electrons. The van der Waals surface area contributed by atoms with Gasteiger partial charge in [-0.05, 0) is 20.3 Å². The van der Waals surface area contributed by atoms with Crippen LogP contribution in [0.3, 0.4) is 0 Å². The third-order valence-corrected chi connectivity index (χ3v) is 2.95. The van der Waals surface area contributed by atoms with Crippen molar-refractivity contribution in [2.75, 3.05) is 6.61 Å². The molecule has 1 saturated carbocycles. The molecule has 0 saturated heterocycles. The molecule has 0 radical (unpaired) electrons. The van der Waals surface area contributed by atoms with Gasteiger partial charge in [-0.1, -0.05) is 13.8 Å². The molecule has 1 fully saturated rings. The lowest BCUT2D eigenvalue weighted by atomic mass is 10.0. The first-order valence-corrected chi connectivity index (χ1v) is 6.48. The fourth-order valence-corrected chi connectivity index (χ4v) is 1.65. The molecule has 0 N–H and O–H groups in total. The quantitative estimate of drug-likeness (QED) is 0.612. The minimum Gasteiger partial charge on any atom is -0.375 e. The van der Waals surface area contributed by atoms with Crippen LogP contribution in [0.2, 0.25) is 0 Å². The summed E-state index contributed by atoms with van der Waals surface area (Å²) < 4.78 is 37.5. The smallest absolute Gasteiger partial charge is 0.250 e. The Morgan fingerprint density at radius 3 is 2.35 bits per heavy atom. The van der Waals surface area contributed by atoms with E-state index in [-0.39, 0.29) is 24.7 Å². The molecule has 1 rings (SSSR count). The molecule has 1 aliphatic carbocycles. The van der Waals surface area contributed by atoms with E-state index >= 15 is 0 Å². The molecule has 0 bridgehead atoms. The second kappa shape index (κ2) is 6.10. The lowest BCUT2D eigenvalue weighted by Gasteiger charge is -2.19. The van der Waals surface area contributed by atoms with Crippen LogP contribution in [0.1, 0.15) is 47.0 Å². The fourth-order valence-electron chi connectivity index (χ4n) is 1.65. The molecule has 17 heavy (non-hydrogen) atoms.